The van der Waals surface area contributed by atoms with Gasteiger partial charge in [0, 0.05) is 37.8 Å². The SMILES string of the molecule is CCN(CC)C(=O)c1ccc(C(=O)N(C)CCO)cc1. The fourth-order valence-corrected chi connectivity index (χ4v) is 1.92. The smallest absolute Gasteiger partial charge is 0.253 e. The first kappa shape index (κ1) is 16.2. The van der Waals surface area contributed by atoms with E-state index in [1.807, 2.05) is 13.8 Å². The first-order valence-electron chi connectivity index (χ1n) is 6.80. The van der Waals surface area contributed by atoms with E-state index in [1.54, 1.807) is 36.2 Å². The molecule has 0 saturated heterocycles. The molecule has 0 spiro atoms. The summed E-state index contributed by atoms with van der Waals surface area (Å²) in [4.78, 5) is 27.3. The second-order valence-electron chi connectivity index (χ2n) is 4.51. The molecule has 0 fully saturated rings. The molecule has 110 valence electrons. The Labute approximate surface area is 119 Å². The predicted octanol–water partition coefficient (Wildman–Crippen LogP) is 1.23. The standard InChI is InChI=1S/C15H22N2O3/c1-4-17(5-2)15(20)13-8-6-12(7-9-13)14(19)16(3)10-11-18/h6-9,18H,4-5,10-11H2,1-3H3. The van der Waals surface area contributed by atoms with Crippen LogP contribution in [0, 0.1) is 0 Å². The second kappa shape index (κ2) is 7.65. The molecule has 20 heavy (non-hydrogen) atoms. The summed E-state index contributed by atoms with van der Waals surface area (Å²) in [6.07, 6.45) is 0. The highest BCUT2D eigenvalue weighted by atomic mass is 16.3. The quantitative estimate of drug-likeness (QED) is 0.851. The first-order chi connectivity index (χ1) is 9.54. The number of hydrogen-bond donors (Lipinski definition) is 1. The lowest BCUT2D eigenvalue weighted by Gasteiger charge is -2.19. The minimum atomic E-state index is -0.166. The molecule has 0 heterocycles. The molecule has 1 aromatic carbocycles. The van der Waals surface area contributed by atoms with Crippen LogP contribution in [0.25, 0.3) is 0 Å². The lowest BCUT2D eigenvalue weighted by atomic mass is 10.1. The molecular formula is C15H22N2O3. The Balaban J connectivity index is 2.83. The fraction of sp³-hybridized carbons (Fsp3) is 0.467. The van der Waals surface area contributed by atoms with Crippen molar-refractivity contribution in [2.45, 2.75) is 13.8 Å². The van der Waals surface area contributed by atoms with E-state index < -0.39 is 0 Å². The zero-order chi connectivity index (χ0) is 15.1. The number of aliphatic hydroxyl groups excluding tert-OH is 1. The summed E-state index contributed by atoms with van der Waals surface area (Å²) in [5.74, 6) is -0.196. The Morgan fingerprint density at radius 3 is 1.85 bits per heavy atom. The van der Waals surface area contributed by atoms with E-state index in [0.717, 1.165) is 0 Å². The van der Waals surface area contributed by atoms with Crippen molar-refractivity contribution in [2.24, 2.45) is 0 Å². The van der Waals surface area contributed by atoms with Crippen molar-refractivity contribution in [2.75, 3.05) is 33.3 Å². The average molecular weight is 278 g/mol. The molecule has 0 atom stereocenters. The maximum Gasteiger partial charge on any atom is 0.253 e. The number of amides is 2. The summed E-state index contributed by atoms with van der Waals surface area (Å²) in [5.41, 5.74) is 1.09. The summed E-state index contributed by atoms with van der Waals surface area (Å²) in [5, 5.41) is 8.82. The van der Waals surface area contributed by atoms with Crippen molar-refractivity contribution in [3.63, 3.8) is 0 Å². The number of likely N-dealkylation sites (N-methyl/N-ethyl adjacent to an activating group) is 1. The van der Waals surface area contributed by atoms with Gasteiger partial charge in [0.2, 0.25) is 0 Å². The molecule has 0 aliphatic rings. The van der Waals surface area contributed by atoms with Crippen LogP contribution in [0.5, 0.6) is 0 Å². The third kappa shape index (κ3) is 3.81. The number of benzene rings is 1. The van der Waals surface area contributed by atoms with Crippen molar-refractivity contribution in [1.82, 2.24) is 9.80 Å². The Morgan fingerprint density at radius 2 is 1.45 bits per heavy atom. The van der Waals surface area contributed by atoms with Crippen molar-refractivity contribution >= 4 is 11.8 Å². The molecule has 0 aromatic heterocycles. The van der Waals surface area contributed by atoms with Crippen LogP contribution in [0.4, 0.5) is 0 Å². The van der Waals surface area contributed by atoms with Crippen molar-refractivity contribution in [3.8, 4) is 0 Å². The van der Waals surface area contributed by atoms with E-state index in [1.165, 1.54) is 4.90 Å². The van der Waals surface area contributed by atoms with Gasteiger partial charge in [-0.25, -0.2) is 0 Å². The summed E-state index contributed by atoms with van der Waals surface area (Å²) < 4.78 is 0. The lowest BCUT2D eigenvalue weighted by Crippen LogP contribution is -2.31. The summed E-state index contributed by atoms with van der Waals surface area (Å²) in [6.45, 7) is 5.41. The highest BCUT2D eigenvalue weighted by Gasteiger charge is 2.14. The van der Waals surface area contributed by atoms with Gasteiger partial charge in [-0.05, 0) is 38.1 Å². The Bertz CT molecular complexity index is 453. The lowest BCUT2D eigenvalue weighted by molar-refractivity contribution is 0.0758. The van der Waals surface area contributed by atoms with Gasteiger partial charge < -0.3 is 14.9 Å². The zero-order valence-electron chi connectivity index (χ0n) is 12.3. The molecule has 0 aliphatic carbocycles. The largest absolute Gasteiger partial charge is 0.395 e. The van der Waals surface area contributed by atoms with E-state index in [2.05, 4.69) is 0 Å². The van der Waals surface area contributed by atoms with Crippen LogP contribution in [0.3, 0.4) is 0 Å². The third-order valence-electron chi connectivity index (χ3n) is 3.21. The average Bonchev–Trinajstić information content (AvgIpc) is 2.48. The van der Waals surface area contributed by atoms with Gasteiger partial charge in [-0.15, -0.1) is 0 Å². The number of aliphatic hydroxyl groups is 1. The van der Waals surface area contributed by atoms with E-state index in [-0.39, 0.29) is 18.4 Å². The monoisotopic (exact) mass is 278 g/mol. The van der Waals surface area contributed by atoms with Crippen LogP contribution in [0.1, 0.15) is 34.6 Å². The van der Waals surface area contributed by atoms with E-state index in [0.29, 0.717) is 30.8 Å². The Morgan fingerprint density at radius 1 is 1.00 bits per heavy atom. The van der Waals surface area contributed by atoms with Gasteiger partial charge in [0.25, 0.3) is 11.8 Å². The van der Waals surface area contributed by atoms with Crippen LogP contribution >= 0.6 is 0 Å². The highest BCUT2D eigenvalue weighted by Crippen LogP contribution is 2.09. The molecule has 2 amide bonds. The number of hydrogen-bond acceptors (Lipinski definition) is 3. The molecule has 0 radical (unpaired) electrons. The van der Waals surface area contributed by atoms with Gasteiger partial charge in [0.15, 0.2) is 0 Å². The van der Waals surface area contributed by atoms with Crippen LogP contribution in [0.15, 0.2) is 24.3 Å². The topological polar surface area (TPSA) is 60.9 Å². The van der Waals surface area contributed by atoms with E-state index in [9.17, 15) is 9.59 Å². The van der Waals surface area contributed by atoms with Gasteiger partial charge in [0.05, 0.1) is 6.61 Å². The molecule has 1 N–H and O–H groups in total. The minimum Gasteiger partial charge on any atom is -0.395 e. The third-order valence-corrected chi connectivity index (χ3v) is 3.21. The molecule has 0 saturated carbocycles. The molecule has 0 aliphatic heterocycles. The van der Waals surface area contributed by atoms with Gasteiger partial charge >= 0.3 is 0 Å². The highest BCUT2D eigenvalue weighted by molar-refractivity contribution is 5.97. The van der Waals surface area contributed by atoms with Gasteiger partial charge in [-0.1, -0.05) is 0 Å². The van der Waals surface area contributed by atoms with Gasteiger partial charge in [-0.3, -0.25) is 9.59 Å². The molecule has 0 unspecified atom stereocenters. The molecular weight excluding hydrogens is 256 g/mol. The zero-order valence-corrected chi connectivity index (χ0v) is 12.3. The van der Waals surface area contributed by atoms with E-state index >= 15 is 0 Å². The number of rotatable bonds is 6. The van der Waals surface area contributed by atoms with Crippen molar-refractivity contribution < 1.29 is 14.7 Å². The van der Waals surface area contributed by atoms with Crippen LogP contribution in [-0.4, -0.2) is 60.0 Å². The molecule has 0 bridgehead atoms. The van der Waals surface area contributed by atoms with Crippen molar-refractivity contribution in [3.05, 3.63) is 35.4 Å². The second-order valence-corrected chi connectivity index (χ2v) is 4.51. The Hall–Kier alpha value is -1.88. The number of carbonyl (C=O) groups is 2. The summed E-state index contributed by atoms with van der Waals surface area (Å²) in [6, 6.07) is 6.63. The maximum absolute atomic E-state index is 12.1. The van der Waals surface area contributed by atoms with Crippen LogP contribution < -0.4 is 0 Å². The minimum absolute atomic E-state index is 0.0299. The van der Waals surface area contributed by atoms with Crippen molar-refractivity contribution in [1.29, 1.82) is 0 Å². The molecule has 1 aromatic rings. The Kier molecular flexibility index (Phi) is 6.18. The van der Waals surface area contributed by atoms with Gasteiger partial charge in [0.1, 0.15) is 0 Å². The first-order valence-corrected chi connectivity index (χ1v) is 6.80. The number of nitrogens with zero attached hydrogens (tertiary/aromatic N) is 2. The van der Waals surface area contributed by atoms with Crippen LogP contribution in [-0.2, 0) is 0 Å². The molecule has 1 rings (SSSR count). The normalized spacial score (nSPS) is 10.2. The summed E-state index contributed by atoms with van der Waals surface area (Å²) in [7, 11) is 1.63. The number of carbonyl (C=O) groups excluding carboxylic acids is 2. The fourth-order valence-electron chi connectivity index (χ4n) is 1.92. The van der Waals surface area contributed by atoms with Crippen LogP contribution in [0.2, 0.25) is 0 Å². The molecule has 5 nitrogen and oxygen atoms in total. The van der Waals surface area contributed by atoms with Gasteiger partial charge in [-0.2, -0.15) is 0 Å². The van der Waals surface area contributed by atoms with E-state index in [4.69, 9.17) is 5.11 Å². The summed E-state index contributed by atoms with van der Waals surface area (Å²) >= 11 is 0. The molecule has 5 heteroatoms. The maximum atomic E-state index is 12.1. The predicted molar refractivity (Wildman–Crippen MR) is 77.7 cm³/mol.